The molecule has 32 heavy (non-hydrogen) atoms. The van der Waals surface area contributed by atoms with Crippen molar-refractivity contribution in [3.8, 4) is 0 Å². The third kappa shape index (κ3) is 2.70. The number of carbonyl (C=O) groups excluding carboxylic acids is 1. The maximum absolute atomic E-state index is 13.7. The lowest BCUT2D eigenvalue weighted by Gasteiger charge is -2.61. The fourth-order valence-corrected chi connectivity index (χ4v) is 9.53. The molecule has 0 N–H and O–H groups in total. The molecule has 1 spiro atoms. The Morgan fingerprint density at radius 3 is 2.34 bits per heavy atom. The molecule has 0 amide bonds. The van der Waals surface area contributed by atoms with E-state index in [4.69, 9.17) is 16.0 Å². The molecule has 176 valence electrons. The Labute approximate surface area is 194 Å². The van der Waals surface area contributed by atoms with Gasteiger partial charge in [0.05, 0.1) is 18.6 Å². The van der Waals surface area contributed by atoms with Crippen LogP contribution >= 0.6 is 0 Å². The van der Waals surface area contributed by atoms with Crippen LogP contribution in [0.2, 0.25) is 0 Å². The van der Waals surface area contributed by atoms with Gasteiger partial charge in [0.25, 0.3) is 6.04 Å². The van der Waals surface area contributed by atoms with Gasteiger partial charge in [-0.05, 0) is 56.3 Å². The van der Waals surface area contributed by atoms with Crippen LogP contribution in [0.1, 0.15) is 91.9 Å². The molecule has 3 saturated carbocycles. The average Bonchev–Trinajstić information content (AvgIpc) is 3.37. The van der Waals surface area contributed by atoms with Crippen LogP contribution in [0, 0.1) is 40.6 Å². The van der Waals surface area contributed by atoms with Crippen LogP contribution in [0.4, 0.5) is 0 Å². The van der Waals surface area contributed by atoms with Crippen molar-refractivity contribution >= 4 is 5.78 Å². The number of nitrogens with zero attached hydrogens (tertiary/aromatic N) is 1. The summed E-state index contributed by atoms with van der Waals surface area (Å²) >= 11 is 0. The predicted molar refractivity (Wildman–Crippen MR) is 125 cm³/mol. The zero-order valence-corrected chi connectivity index (χ0v) is 20.5. The zero-order valence-electron chi connectivity index (χ0n) is 20.5. The number of Topliss-reactive ketones (excluding diaryl/α,β-unsaturated/α-hetero) is 1. The summed E-state index contributed by atoms with van der Waals surface area (Å²) in [5.74, 6) is 1.62. The van der Waals surface area contributed by atoms with Crippen molar-refractivity contribution in [3.63, 3.8) is 0 Å². The Bertz CT molecular complexity index is 843. The van der Waals surface area contributed by atoms with Gasteiger partial charge in [-0.25, -0.2) is 6.57 Å². The highest BCUT2D eigenvalue weighted by Gasteiger charge is 2.69. The topological polar surface area (TPSA) is 39.9 Å². The van der Waals surface area contributed by atoms with Crippen molar-refractivity contribution in [2.75, 3.05) is 13.2 Å². The van der Waals surface area contributed by atoms with E-state index in [1.54, 1.807) is 0 Å². The van der Waals surface area contributed by atoms with Crippen LogP contribution in [0.15, 0.2) is 11.6 Å². The minimum atomic E-state index is -0.473. The molecule has 6 atom stereocenters. The molecule has 0 aromatic rings. The summed E-state index contributed by atoms with van der Waals surface area (Å²) in [5, 5.41) is 0. The van der Waals surface area contributed by atoms with E-state index in [1.165, 1.54) is 12.0 Å². The maximum Gasteiger partial charge on any atom is 0.282 e. The van der Waals surface area contributed by atoms with E-state index in [0.717, 1.165) is 71.0 Å². The van der Waals surface area contributed by atoms with E-state index in [1.807, 2.05) is 0 Å². The molecule has 1 unspecified atom stereocenters. The van der Waals surface area contributed by atoms with Crippen LogP contribution in [-0.4, -0.2) is 30.8 Å². The number of fused-ring (bicyclic) bond motifs is 6. The minimum Gasteiger partial charge on any atom is -0.347 e. The zero-order chi connectivity index (χ0) is 22.8. The lowest BCUT2D eigenvalue weighted by Crippen LogP contribution is -2.59. The first-order valence-electron chi connectivity index (χ1n) is 13.2. The molecular formula is C28H41NO3. The second kappa shape index (κ2) is 7.67. The van der Waals surface area contributed by atoms with E-state index in [2.05, 4.69) is 38.6 Å². The molecule has 4 heteroatoms. The largest absolute Gasteiger partial charge is 0.347 e. The van der Waals surface area contributed by atoms with Crippen LogP contribution in [0.5, 0.6) is 0 Å². The number of ketones is 1. The second-order valence-electron chi connectivity index (χ2n) is 11.9. The van der Waals surface area contributed by atoms with Gasteiger partial charge in [-0.1, -0.05) is 52.2 Å². The third-order valence-corrected chi connectivity index (χ3v) is 10.7. The first-order chi connectivity index (χ1) is 15.3. The van der Waals surface area contributed by atoms with Crippen molar-refractivity contribution in [2.24, 2.45) is 34.0 Å². The third-order valence-electron chi connectivity index (χ3n) is 10.7. The summed E-state index contributed by atoms with van der Waals surface area (Å²) in [4.78, 5) is 17.7. The van der Waals surface area contributed by atoms with Gasteiger partial charge in [-0.15, -0.1) is 0 Å². The lowest BCUT2D eigenvalue weighted by molar-refractivity contribution is -0.242. The summed E-state index contributed by atoms with van der Waals surface area (Å²) < 4.78 is 12.6. The van der Waals surface area contributed by atoms with Crippen LogP contribution < -0.4 is 0 Å². The molecule has 1 saturated heterocycles. The standard InChI is InChI=1S/C28H41NO3/c1-6-12-27(13-7-2)23-9-8-19-20(25(23,3)18-22(29-5)24(27)30)10-14-26(4)21(19)11-15-28(26)31-16-17-32-28/h9,19-22H,6-8,10-18H2,1-4H3/t19-,20+,21+,22?,25-,26+/m1/s1. The first-order valence-corrected chi connectivity index (χ1v) is 13.2. The van der Waals surface area contributed by atoms with Gasteiger partial charge in [-0.2, -0.15) is 0 Å². The Morgan fingerprint density at radius 2 is 1.72 bits per heavy atom. The van der Waals surface area contributed by atoms with Gasteiger partial charge < -0.3 is 14.3 Å². The average molecular weight is 440 g/mol. The van der Waals surface area contributed by atoms with Gasteiger partial charge in [-0.3, -0.25) is 4.79 Å². The van der Waals surface area contributed by atoms with Crippen molar-refractivity contribution < 1.29 is 14.3 Å². The number of carbonyl (C=O) groups is 1. The number of hydrogen-bond donors (Lipinski definition) is 0. The molecule has 1 aliphatic heterocycles. The summed E-state index contributed by atoms with van der Waals surface area (Å²) in [6.07, 6.45) is 12.6. The molecule has 0 radical (unpaired) electrons. The normalized spacial score (nSPS) is 43.8. The van der Waals surface area contributed by atoms with Gasteiger partial charge in [0.2, 0.25) is 5.78 Å². The number of rotatable bonds is 4. The van der Waals surface area contributed by atoms with Crippen LogP contribution in [0.25, 0.3) is 4.85 Å². The smallest absolute Gasteiger partial charge is 0.282 e. The summed E-state index contributed by atoms with van der Waals surface area (Å²) in [6.45, 7) is 18.6. The fraction of sp³-hybridized carbons (Fsp3) is 0.857. The summed E-state index contributed by atoms with van der Waals surface area (Å²) in [7, 11) is 0. The first kappa shape index (κ1) is 22.6. The highest BCUT2D eigenvalue weighted by Crippen LogP contribution is 2.70. The van der Waals surface area contributed by atoms with Gasteiger partial charge >= 0.3 is 0 Å². The summed E-state index contributed by atoms with van der Waals surface area (Å²) in [5.41, 5.74) is 1.06. The highest BCUT2D eigenvalue weighted by molar-refractivity contribution is 5.95. The van der Waals surface area contributed by atoms with Crippen LogP contribution in [0.3, 0.4) is 0 Å². The molecule has 0 bridgehead atoms. The van der Waals surface area contributed by atoms with Crippen molar-refractivity contribution in [1.82, 2.24) is 0 Å². The van der Waals surface area contributed by atoms with E-state index < -0.39 is 11.5 Å². The van der Waals surface area contributed by atoms with Crippen molar-refractivity contribution in [1.29, 1.82) is 0 Å². The van der Waals surface area contributed by atoms with Gasteiger partial charge in [0.1, 0.15) is 0 Å². The fourth-order valence-electron chi connectivity index (χ4n) is 9.53. The molecule has 1 heterocycles. The SMILES string of the molecule is [C-]#[N+]C1C[C@@]2(C)C(=CC[C@@H]3[C@@H]2CC[C@@]2(C)[C@H]3CCC23OCCO3)C(CCC)(CCC)C1=O. The molecule has 0 aromatic heterocycles. The number of allylic oxidation sites excluding steroid dienone is 2. The van der Waals surface area contributed by atoms with E-state index in [0.29, 0.717) is 17.8 Å². The second-order valence-corrected chi connectivity index (χ2v) is 11.9. The van der Waals surface area contributed by atoms with Crippen LogP contribution in [-0.2, 0) is 14.3 Å². The van der Waals surface area contributed by atoms with Gasteiger partial charge in [0.15, 0.2) is 5.79 Å². The minimum absolute atomic E-state index is 0.0368. The Balaban J connectivity index is 1.57. The molecule has 5 aliphatic rings. The molecule has 4 fully saturated rings. The molecule has 4 aliphatic carbocycles. The van der Waals surface area contributed by atoms with Crippen molar-refractivity contribution in [3.05, 3.63) is 23.1 Å². The highest BCUT2D eigenvalue weighted by atomic mass is 16.7. The predicted octanol–water partition coefficient (Wildman–Crippen LogP) is 6.36. The van der Waals surface area contributed by atoms with E-state index in [-0.39, 0.29) is 22.4 Å². The quantitative estimate of drug-likeness (QED) is 0.378. The Kier molecular flexibility index (Phi) is 5.42. The van der Waals surface area contributed by atoms with Gasteiger partial charge in [0, 0.05) is 23.7 Å². The molecular weight excluding hydrogens is 398 g/mol. The monoisotopic (exact) mass is 439 g/mol. The lowest BCUT2D eigenvalue weighted by atomic mass is 9.43. The number of hydrogen-bond acceptors (Lipinski definition) is 3. The van der Waals surface area contributed by atoms with Crippen molar-refractivity contribution in [2.45, 2.75) is 104 Å². The maximum atomic E-state index is 13.7. The number of ether oxygens (including phenoxy) is 2. The summed E-state index contributed by atoms with van der Waals surface area (Å²) in [6, 6.07) is -0.473. The van der Waals surface area contributed by atoms with E-state index >= 15 is 0 Å². The molecule has 5 rings (SSSR count). The molecule has 0 aromatic carbocycles. The molecule has 4 nitrogen and oxygen atoms in total. The van der Waals surface area contributed by atoms with E-state index in [9.17, 15) is 4.79 Å². The Hall–Kier alpha value is -1.18. The Morgan fingerprint density at radius 1 is 1.06 bits per heavy atom.